The van der Waals surface area contributed by atoms with Crippen LogP contribution in [0, 0.1) is 13.8 Å². The van der Waals surface area contributed by atoms with Gasteiger partial charge in [0.2, 0.25) is 0 Å². The maximum atomic E-state index is 11.7. The van der Waals surface area contributed by atoms with Gasteiger partial charge in [-0.05, 0) is 46.1 Å². The first-order valence-electron chi connectivity index (χ1n) is 5.78. The average molecular weight is 240 g/mol. The number of ketones is 1. The fourth-order valence-electron chi connectivity index (χ4n) is 2.86. The summed E-state index contributed by atoms with van der Waals surface area (Å²) in [6, 6.07) is 1.98. The molecule has 0 N–H and O–H groups in total. The number of Topliss-reactive ketones (excluding diaryl/α,β-unsaturated/α-hetero) is 1. The molecule has 3 heteroatoms. The summed E-state index contributed by atoms with van der Waals surface area (Å²) in [4.78, 5) is 11.7. The van der Waals surface area contributed by atoms with Gasteiger partial charge < -0.3 is 4.57 Å². The van der Waals surface area contributed by atoms with E-state index in [-0.39, 0.29) is 17.2 Å². The molecule has 1 aliphatic rings. The molecule has 0 aliphatic heterocycles. The maximum absolute atomic E-state index is 11.7. The Labute approximate surface area is 102 Å². The molecule has 1 heterocycles. The van der Waals surface area contributed by atoms with Crippen LogP contribution in [0.5, 0.6) is 0 Å². The number of aryl methyl sites for hydroxylation is 1. The second kappa shape index (κ2) is 3.92. The lowest BCUT2D eigenvalue weighted by atomic mass is 9.78. The van der Waals surface area contributed by atoms with Crippen LogP contribution in [0.2, 0.25) is 0 Å². The van der Waals surface area contributed by atoms with Crippen LogP contribution in [0.25, 0.3) is 0 Å². The van der Waals surface area contributed by atoms with Crippen molar-refractivity contribution in [2.24, 2.45) is 0 Å². The second-order valence-corrected chi connectivity index (χ2v) is 5.29. The number of alkyl halides is 1. The maximum Gasteiger partial charge on any atom is 0.179 e. The van der Waals surface area contributed by atoms with Gasteiger partial charge in [0.25, 0.3) is 0 Å². The number of carbonyl (C=O) groups excluding carboxylic acids is 1. The fraction of sp³-hybridized carbons (Fsp3) is 0.615. The van der Waals surface area contributed by atoms with Crippen molar-refractivity contribution in [2.75, 3.05) is 5.88 Å². The first-order chi connectivity index (χ1) is 7.49. The summed E-state index contributed by atoms with van der Waals surface area (Å²) in [5.74, 6) is 0.102. The van der Waals surface area contributed by atoms with Crippen LogP contribution in [-0.2, 0) is 5.54 Å². The van der Waals surface area contributed by atoms with Gasteiger partial charge in [0.05, 0.1) is 5.88 Å². The summed E-state index contributed by atoms with van der Waals surface area (Å²) < 4.78 is 2.32. The number of rotatable bonds is 3. The normalized spacial score (nSPS) is 18.2. The highest BCUT2D eigenvalue weighted by Crippen LogP contribution is 2.41. The van der Waals surface area contributed by atoms with Crippen molar-refractivity contribution in [1.82, 2.24) is 4.57 Å². The number of nitrogens with zero attached hydrogens (tertiary/aromatic N) is 1. The molecule has 0 spiro atoms. The third kappa shape index (κ3) is 1.60. The van der Waals surface area contributed by atoms with Gasteiger partial charge >= 0.3 is 0 Å². The van der Waals surface area contributed by atoms with Gasteiger partial charge in [-0.15, -0.1) is 11.6 Å². The average Bonchev–Trinajstić information content (AvgIpc) is 2.50. The van der Waals surface area contributed by atoms with E-state index >= 15 is 0 Å². The molecule has 0 saturated heterocycles. The molecule has 1 aromatic rings. The van der Waals surface area contributed by atoms with Crippen LogP contribution in [0.1, 0.15) is 47.9 Å². The fourth-order valence-corrected chi connectivity index (χ4v) is 3.00. The van der Waals surface area contributed by atoms with E-state index in [2.05, 4.69) is 18.4 Å². The summed E-state index contributed by atoms with van der Waals surface area (Å²) in [6.45, 7) is 6.36. The van der Waals surface area contributed by atoms with Crippen LogP contribution in [0.3, 0.4) is 0 Å². The van der Waals surface area contributed by atoms with Gasteiger partial charge in [-0.1, -0.05) is 0 Å². The summed E-state index contributed by atoms with van der Waals surface area (Å²) in [5.41, 5.74) is 3.26. The third-order valence-electron chi connectivity index (χ3n) is 3.82. The van der Waals surface area contributed by atoms with E-state index in [0.29, 0.717) is 0 Å². The minimum atomic E-state index is 0.0314. The first kappa shape index (κ1) is 11.7. The zero-order chi connectivity index (χ0) is 11.9. The number of carbonyl (C=O) groups is 1. The number of aromatic nitrogens is 1. The van der Waals surface area contributed by atoms with E-state index in [4.69, 9.17) is 11.6 Å². The highest BCUT2D eigenvalue weighted by atomic mass is 35.5. The van der Waals surface area contributed by atoms with Crippen LogP contribution < -0.4 is 0 Å². The Morgan fingerprint density at radius 1 is 1.50 bits per heavy atom. The van der Waals surface area contributed by atoms with E-state index in [0.717, 1.165) is 11.3 Å². The predicted molar refractivity (Wildman–Crippen MR) is 66.5 cm³/mol. The van der Waals surface area contributed by atoms with Crippen LogP contribution in [0.15, 0.2) is 6.07 Å². The molecule has 0 aromatic carbocycles. The van der Waals surface area contributed by atoms with E-state index in [1.165, 1.54) is 25.0 Å². The quantitative estimate of drug-likeness (QED) is 0.585. The molecular formula is C13H18ClNO. The van der Waals surface area contributed by atoms with Crippen molar-refractivity contribution in [3.05, 3.63) is 23.0 Å². The Bertz CT molecular complexity index is 429. The van der Waals surface area contributed by atoms with Gasteiger partial charge in [0.15, 0.2) is 5.78 Å². The Balaban J connectivity index is 2.47. The van der Waals surface area contributed by atoms with Crippen LogP contribution >= 0.6 is 11.6 Å². The monoisotopic (exact) mass is 239 g/mol. The molecule has 1 saturated carbocycles. The van der Waals surface area contributed by atoms with Crippen molar-refractivity contribution < 1.29 is 4.79 Å². The molecule has 1 aromatic heterocycles. The molecular weight excluding hydrogens is 222 g/mol. The Morgan fingerprint density at radius 2 is 2.12 bits per heavy atom. The summed E-state index contributed by atoms with van der Waals surface area (Å²) in [6.07, 6.45) is 3.70. The van der Waals surface area contributed by atoms with Gasteiger partial charge in [-0.3, -0.25) is 4.79 Å². The smallest absolute Gasteiger partial charge is 0.179 e. The van der Waals surface area contributed by atoms with Crippen molar-refractivity contribution in [3.8, 4) is 0 Å². The highest BCUT2D eigenvalue weighted by Gasteiger charge is 2.36. The lowest BCUT2D eigenvalue weighted by molar-refractivity contribution is 0.101. The topological polar surface area (TPSA) is 22.0 Å². The van der Waals surface area contributed by atoms with E-state index in [9.17, 15) is 4.79 Å². The van der Waals surface area contributed by atoms with Crippen molar-refractivity contribution >= 4 is 17.4 Å². The molecule has 0 amide bonds. The Hall–Kier alpha value is -0.760. The van der Waals surface area contributed by atoms with Crippen LogP contribution in [-0.4, -0.2) is 16.2 Å². The zero-order valence-corrected chi connectivity index (χ0v) is 10.9. The van der Waals surface area contributed by atoms with Crippen molar-refractivity contribution in [3.63, 3.8) is 0 Å². The molecule has 2 rings (SSSR count). The molecule has 2 nitrogen and oxygen atoms in total. The van der Waals surface area contributed by atoms with Gasteiger partial charge in [-0.2, -0.15) is 0 Å². The van der Waals surface area contributed by atoms with Gasteiger partial charge in [-0.25, -0.2) is 0 Å². The molecule has 0 unspecified atom stereocenters. The number of halogens is 1. The lowest BCUT2D eigenvalue weighted by Gasteiger charge is -2.42. The van der Waals surface area contributed by atoms with Gasteiger partial charge in [0.1, 0.15) is 0 Å². The molecule has 1 fully saturated rings. The third-order valence-corrected chi connectivity index (χ3v) is 4.07. The summed E-state index contributed by atoms with van der Waals surface area (Å²) in [5, 5.41) is 0. The van der Waals surface area contributed by atoms with E-state index < -0.39 is 0 Å². The molecule has 88 valence electrons. The molecule has 1 aliphatic carbocycles. The van der Waals surface area contributed by atoms with Crippen LogP contribution in [0.4, 0.5) is 0 Å². The molecule has 0 radical (unpaired) electrons. The SMILES string of the molecule is Cc1cc(C(=O)CCl)c(C)n1C1(C)CCC1. The minimum Gasteiger partial charge on any atom is -0.343 e. The van der Waals surface area contributed by atoms with E-state index in [1.807, 2.05) is 13.0 Å². The summed E-state index contributed by atoms with van der Waals surface area (Å²) in [7, 11) is 0. The standard InChI is InChI=1S/C13H18ClNO/c1-9-7-11(12(16)8-14)10(2)15(9)13(3)5-4-6-13/h7H,4-6,8H2,1-3H3. The molecule has 0 atom stereocenters. The second-order valence-electron chi connectivity index (χ2n) is 5.03. The van der Waals surface area contributed by atoms with E-state index in [1.54, 1.807) is 0 Å². The largest absolute Gasteiger partial charge is 0.343 e. The van der Waals surface area contributed by atoms with Crippen molar-refractivity contribution in [1.29, 1.82) is 0 Å². The van der Waals surface area contributed by atoms with Gasteiger partial charge in [0, 0.05) is 22.5 Å². The zero-order valence-electron chi connectivity index (χ0n) is 10.1. The predicted octanol–water partition coefficient (Wildman–Crippen LogP) is 3.43. The first-order valence-corrected chi connectivity index (χ1v) is 6.31. The highest BCUT2D eigenvalue weighted by molar-refractivity contribution is 6.30. The minimum absolute atomic E-state index is 0.0314. The molecule has 16 heavy (non-hydrogen) atoms. The molecule has 0 bridgehead atoms. The van der Waals surface area contributed by atoms with Crippen molar-refractivity contribution in [2.45, 2.75) is 45.6 Å². The Kier molecular flexibility index (Phi) is 2.87. The summed E-state index contributed by atoms with van der Waals surface area (Å²) >= 11 is 5.62. The lowest BCUT2D eigenvalue weighted by Crippen LogP contribution is -2.38. The Morgan fingerprint density at radius 3 is 2.56 bits per heavy atom. The number of hydrogen-bond acceptors (Lipinski definition) is 1. The number of hydrogen-bond donors (Lipinski definition) is 0.